The molecule has 1 aromatic rings. The van der Waals surface area contributed by atoms with Crippen LogP contribution in [0.3, 0.4) is 0 Å². The van der Waals surface area contributed by atoms with Crippen molar-refractivity contribution >= 4 is 28.3 Å². The van der Waals surface area contributed by atoms with Crippen molar-refractivity contribution in [2.45, 2.75) is 13.3 Å². The van der Waals surface area contributed by atoms with E-state index in [1.807, 2.05) is 6.92 Å². The first-order valence-electron chi connectivity index (χ1n) is 6.03. The van der Waals surface area contributed by atoms with E-state index in [9.17, 15) is 9.59 Å². The maximum absolute atomic E-state index is 12.4. The molecule has 1 aliphatic heterocycles. The number of nitrogens with zero attached hydrogens (tertiary/aromatic N) is 3. The molecule has 3 aliphatic rings. The number of carbonyl (C=O) groups is 2. The number of amides is 2. The zero-order valence-corrected chi connectivity index (χ0v) is 10.6. The van der Waals surface area contributed by atoms with Crippen LogP contribution in [0.2, 0.25) is 0 Å². The molecule has 1 saturated carbocycles. The minimum Gasteiger partial charge on any atom is -0.274 e. The van der Waals surface area contributed by atoms with E-state index >= 15 is 0 Å². The van der Waals surface area contributed by atoms with Gasteiger partial charge in [0.1, 0.15) is 5.01 Å². The van der Waals surface area contributed by atoms with Gasteiger partial charge in [-0.05, 0) is 25.2 Å². The molecule has 2 heterocycles. The molecule has 0 radical (unpaired) electrons. The smallest absolute Gasteiger partial charge is 0.240 e. The van der Waals surface area contributed by atoms with E-state index in [1.54, 1.807) is 0 Å². The first-order chi connectivity index (χ1) is 8.66. The minimum absolute atomic E-state index is 0.0852. The van der Waals surface area contributed by atoms with Gasteiger partial charge in [0, 0.05) is 0 Å². The Morgan fingerprint density at radius 3 is 2.28 bits per heavy atom. The molecule has 18 heavy (non-hydrogen) atoms. The molecule has 4 atom stereocenters. The molecule has 2 fully saturated rings. The number of fused-ring (bicyclic) bond motifs is 5. The van der Waals surface area contributed by atoms with E-state index in [-0.39, 0.29) is 35.5 Å². The molecule has 5 nitrogen and oxygen atoms in total. The van der Waals surface area contributed by atoms with Crippen LogP contribution in [0.25, 0.3) is 0 Å². The van der Waals surface area contributed by atoms with Gasteiger partial charge in [-0.1, -0.05) is 23.5 Å². The lowest BCUT2D eigenvalue weighted by atomic mass is 9.85. The third kappa shape index (κ3) is 1.11. The second kappa shape index (κ2) is 3.26. The van der Waals surface area contributed by atoms with E-state index in [0.717, 1.165) is 11.4 Å². The van der Waals surface area contributed by atoms with Crippen molar-refractivity contribution in [3.05, 3.63) is 17.2 Å². The summed E-state index contributed by atoms with van der Waals surface area (Å²) < 4.78 is 0. The fourth-order valence-electron chi connectivity index (χ4n) is 3.47. The summed E-state index contributed by atoms with van der Waals surface area (Å²) in [6.07, 6.45) is 5.13. The molecule has 0 unspecified atom stereocenters. The SMILES string of the molecule is Cc1nnc(N2C(=O)[C@@H]3[C@@H](C2=O)[C@H]2C=C[C@H]3C2)s1. The van der Waals surface area contributed by atoms with Crippen molar-refractivity contribution in [2.24, 2.45) is 23.7 Å². The van der Waals surface area contributed by atoms with Gasteiger partial charge in [-0.3, -0.25) is 9.59 Å². The van der Waals surface area contributed by atoms with Crippen LogP contribution in [0.1, 0.15) is 11.4 Å². The number of rotatable bonds is 1. The fraction of sp³-hybridized carbons (Fsp3) is 0.500. The number of allylic oxidation sites excluding steroid dienone is 2. The lowest BCUT2D eigenvalue weighted by Gasteiger charge is -2.14. The van der Waals surface area contributed by atoms with Crippen LogP contribution < -0.4 is 4.90 Å². The molecular formula is C12H11N3O2S. The van der Waals surface area contributed by atoms with Gasteiger partial charge < -0.3 is 0 Å². The van der Waals surface area contributed by atoms with Gasteiger partial charge >= 0.3 is 0 Å². The van der Waals surface area contributed by atoms with Crippen LogP contribution in [-0.2, 0) is 9.59 Å². The summed E-state index contributed by atoms with van der Waals surface area (Å²) in [4.78, 5) is 26.1. The van der Waals surface area contributed by atoms with Crippen molar-refractivity contribution < 1.29 is 9.59 Å². The Bertz CT molecular complexity index is 564. The zero-order chi connectivity index (χ0) is 12.4. The number of anilines is 1. The molecule has 4 rings (SSSR count). The molecule has 6 heteroatoms. The summed E-state index contributed by atoms with van der Waals surface area (Å²) in [5.74, 6) is 0.00958. The van der Waals surface area contributed by atoms with Crippen LogP contribution >= 0.6 is 11.3 Å². The normalized spacial score (nSPS) is 36.8. The average Bonchev–Trinajstić information content (AvgIpc) is 3.05. The van der Waals surface area contributed by atoms with E-state index in [0.29, 0.717) is 5.13 Å². The van der Waals surface area contributed by atoms with Gasteiger partial charge in [-0.25, -0.2) is 4.90 Å². The van der Waals surface area contributed by atoms with Gasteiger partial charge in [0.15, 0.2) is 0 Å². The minimum atomic E-state index is -0.156. The summed E-state index contributed by atoms with van der Waals surface area (Å²) in [5.41, 5.74) is 0. The Balaban J connectivity index is 1.76. The summed E-state index contributed by atoms with van der Waals surface area (Å²) in [6.45, 7) is 1.82. The van der Waals surface area contributed by atoms with E-state index in [1.165, 1.54) is 16.2 Å². The highest BCUT2D eigenvalue weighted by Crippen LogP contribution is 2.53. The Morgan fingerprint density at radius 2 is 1.78 bits per heavy atom. The summed E-state index contributed by atoms with van der Waals surface area (Å²) in [6, 6.07) is 0. The number of carbonyl (C=O) groups excluding carboxylic acids is 2. The molecule has 1 saturated heterocycles. The first-order valence-corrected chi connectivity index (χ1v) is 6.84. The summed E-state index contributed by atoms with van der Waals surface area (Å²) in [7, 11) is 0. The van der Waals surface area contributed by atoms with Crippen molar-refractivity contribution in [2.75, 3.05) is 4.90 Å². The van der Waals surface area contributed by atoms with Crippen molar-refractivity contribution in [1.29, 1.82) is 0 Å². The molecule has 0 aromatic carbocycles. The number of aromatic nitrogens is 2. The lowest BCUT2D eigenvalue weighted by Crippen LogP contribution is -2.32. The van der Waals surface area contributed by atoms with Gasteiger partial charge in [-0.2, -0.15) is 0 Å². The third-order valence-corrected chi connectivity index (χ3v) is 5.00. The molecule has 0 N–H and O–H groups in total. The highest BCUT2D eigenvalue weighted by Gasteiger charge is 2.60. The quantitative estimate of drug-likeness (QED) is 0.562. The zero-order valence-electron chi connectivity index (χ0n) is 9.74. The predicted molar refractivity (Wildman–Crippen MR) is 64.9 cm³/mol. The molecule has 2 bridgehead atoms. The van der Waals surface area contributed by atoms with Gasteiger partial charge in [-0.15, -0.1) is 10.2 Å². The maximum Gasteiger partial charge on any atom is 0.240 e. The third-order valence-electron chi connectivity index (χ3n) is 4.18. The van der Waals surface area contributed by atoms with Crippen LogP contribution in [0.4, 0.5) is 5.13 Å². The van der Waals surface area contributed by atoms with E-state index in [2.05, 4.69) is 22.3 Å². The summed E-state index contributed by atoms with van der Waals surface area (Å²) >= 11 is 1.30. The first kappa shape index (κ1) is 10.4. The molecule has 92 valence electrons. The Morgan fingerprint density at radius 1 is 1.17 bits per heavy atom. The van der Waals surface area contributed by atoms with Crippen LogP contribution in [0.5, 0.6) is 0 Å². The maximum atomic E-state index is 12.4. The second-order valence-corrected chi connectivity index (χ2v) is 6.28. The molecule has 2 amide bonds. The summed E-state index contributed by atoms with van der Waals surface area (Å²) in [5, 5.41) is 9.01. The highest BCUT2D eigenvalue weighted by atomic mass is 32.1. The van der Waals surface area contributed by atoms with E-state index < -0.39 is 0 Å². The number of imide groups is 1. The van der Waals surface area contributed by atoms with E-state index in [4.69, 9.17) is 0 Å². The standard InChI is InChI=1S/C12H11N3O2S/c1-5-13-14-12(18-5)15-10(16)8-6-2-3-7(4-6)9(8)11(15)17/h2-3,6-9H,4H2,1H3/t6-,7-,8-,9-/m0/s1. The van der Waals surface area contributed by atoms with Crippen LogP contribution in [0.15, 0.2) is 12.2 Å². The lowest BCUT2D eigenvalue weighted by molar-refractivity contribution is -0.123. The highest BCUT2D eigenvalue weighted by molar-refractivity contribution is 7.15. The van der Waals surface area contributed by atoms with Crippen LogP contribution in [-0.4, -0.2) is 22.0 Å². The van der Waals surface area contributed by atoms with Gasteiger partial charge in [0.25, 0.3) is 0 Å². The average molecular weight is 261 g/mol. The predicted octanol–water partition coefficient (Wildman–Crippen LogP) is 1.16. The molecule has 2 aliphatic carbocycles. The van der Waals surface area contributed by atoms with Crippen molar-refractivity contribution in [1.82, 2.24) is 10.2 Å². The van der Waals surface area contributed by atoms with Crippen LogP contribution in [0, 0.1) is 30.6 Å². The topological polar surface area (TPSA) is 63.2 Å². The Kier molecular flexibility index (Phi) is 1.88. The Labute approximate surface area is 108 Å². The van der Waals surface area contributed by atoms with Gasteiger partial charge in [0.05, 0.1) is 11.8 Å². The number of hydrogen-bond acceptors (Lipinski definition) is 5. The fourth-order valence-corrected chi connectivity index (χ4v) is 4.17. The van der Waals surface area contributed by atoms with Crippen molar-refractivity contribution in [3.8, 4) is 0 Å². The number of hydrogen-bond donors (Lipinski definition) is 0. The second-order valence-electron chi connectivity index (χ2n) is 5.12. The monoisotopic (exact) mass is 261 g/mol. The largest absolute Gasteiger partial charge is 0.274 e. The van der Waals surface area contributed by atoms with Crippen molar-refractivity contribution in [3.63, 3.8) is 0 Å². The van der Waals surface area contributed by atoms with Gasteiger partial charge in [0.2, 0.25) is 16.9 Å². The Hall–Kier alpha value is -1.56. The molecule has 0 spiro atoms. The molecular weight excluding hydrogens is 250 g/mol. The molecule has 1 aromatic heterocycles. The number of aryl methyl sites for hydroxylation is 1.